The van der Waals surface area contributed by atoms with Crippen LogP contribution in [0, 0.1) is 11.6 Å². The van der Waals surface area contributed by atoms with Crippen molar-refractivity contribution in [2.45, 2.75) is 13.0 Å². The van der Waals surface area contributed by atoms with E-state index in [1.54, 1.807) is 0 Å². The topological polar surface area (TPSA) is 78.4 Å². The van der Waals surface area contributed by atoms with Crippen LogP contribution in [-0.4, -0.2) is 29.6 Å². The number of carbonyl (C=O) groups is 2. The molecule has 1 aromatic rings. The highest BCUT2D eigenvalue weighted by Crippen LogP contribution is 2.14. The molecule has 18 heavy (non-hydrogen) atoms. The number of aliphatic hydroxyl groups is 1. The van der Waals surface area contributed by atoms with Crippen molar-refractivity contribution in [2.75, 3.05) is 11.9 Å². The van der Waals surface area contributed by atoms with E-state index in [-0.39, 0.29) is 12.3 Å². The molecule has 0 saturated heterocycles. The summed E-state index contributed by atoms with van der Waals surface area (Å²) in [6, 6.07) is 1.95. The van der Waals surface area contributed by atoms with Crippen molar-refractivity contribution in [3.63, 3.8) is 0 Å². The van der Waals surface area contributed by atoms with E-state index in [1.807, 2.05) is 5.32 Å². The van der Waals surface area contributed by atoms with Crippen LogP contribution in [0.2, 0.25) is 0 Å². The van der Waals surface area contributed by atoms with Gasteiger partial charge in [-0.2, -0.15) is 0 Å². The molecule has 1 atom stereocenters. The van der Waals surface area contributed by atoms with Crippen LogP contribution in [0.1, 0.15) is 6.92 Å². The van der Waals surface area contributed by atoms with Crippen LogP contribution in [0.15, 0.2) is 18.2 Å². The van der Waals surface area contributed by atoms with Crippen LogP contribution in [0.3, 0.4) is 0 Å². The van der Waals surface area contributed by atoms with E-state index in [2.05, 4.69) is 5.32 Å². The number of rotatable bonds is 3. The van der Waals surface area contributed by atoms with Gasteiger partial charge in [0, 0.05) is 12.1 Å². The number of anilines is 1. The fraction of sp³-hybridized carbons (Fsp3) is 0.273. The van der Waals surface area contributed by atoms with Gasteiger partial charge in [0.1, 0.15) is 11.6 Å². The highest BCUT2D eigenvalue weighted by molar-refractivity contribution is 6.39. The van der Waals surface area contributed by atoms with Crippen molar-refractivity contribution in [3.8, 4) is 0 Å². The van der Waals surface area contributed by atoms with Crippen LogP contribution in [-0.2, 0) is 9.59 Å². The molecular weight excluding hydrogens is 246 g/mol. The van der Waals surface area contributed by atoms with Gasteiger partial charge in [0.15, 0.2) is 0 Å². The molecule has 0 heterocycles. The van der Waals surface area contributed by atoms with E-state index >= 15 is 0 Å². The largest absolute Gasteiger partial charge is 0.394 e. The maximum absolute atomic E-state index is 13.2. The molecule has 0 saturated carbocycles. The Hall–Kier alpha value is -2.02. The zero-order valence-corrected chi connectivity index (χ0v) is 9.54. The molecule has 1 unspecified atom stereocenters. The SMILES string of the molecule is CC(CO)NC(=O)C(=O)Nc1ccc(F)cc1F. The molecule has 0 aliphatic rings. The summed E-state index contributed by atoms with van der Waals surface area (Å²) < 4.78 is 25.8. The molecule has 0 spiro atoms. The number of amides is 2. The van der Waals surface area contributed by atoms with Gasteiger partial charge in [-0.1, -0.05) is 0 Å². The van der Waals surface area contributed by atoms with Gasteiger partial charge < -0.3 is 15.7 Å². The van der Waals surface area contributed by atoms with Gasteiger partial charge in [-0.25, -0.2) is 8.78 Å². The third-order valence-electron chi connectivity index (χ3n) is 2.04. The molecule has 0 radical (unpaired) electrons. The quantitative estimate of drug-likeness (QED) is 0.687. The molecule has 0 aromatic heterocycles. The second-order valence-electron chi connectivity index (χ2n) is 3.64. The minimum Gasteiger partial charge on any atom is -0.394 e. The average Bonchev–Trinajstić information content (AvgIpc) is 2.32. The maximum atomic E-state index is 13.2. The van der Waals surface area contributed by atoms with Crippen LogP contribution < -0.4 is 10.6 Å². The third-order valence-corrected chi connectivity index (χ3v) is 2.04. The Morgan fingerprint density at radius 3 is 2.56 bits per heavy atom. The summed E-state index contributed by atoms with van der Waals surface area (Å²) in [7, 11) is 0. The zero-order valence-electron chi connectivity index (χ0n) is 9.54. The van der Waals surface area contributed by atoms with Crippen molar-refractivity contribution < 1.29 is 23.5 Å². The highest BCUT2D eigenvalue weighted by Gasteiger charge is 2.17. The number of hydrogen-bond acceptors (Lipinski definition) is 3. The zero-order chi connectivity index (χ0) is 13.7. The van der Waals surface area contributed by atoms with Crippen molar-refractivity contribution in [1.29, 1.82) is 0 Å². The number of aliphatic hydroxyl groups excluding tert-OH is 1. The van der Waals surface area contributed by atoms with Gasteiger partial charge in [0.05, 0.1) is 12.3 Å². The summed E-state index contributed by atoms with van der Waals surface area (Å²) in [6.45, 7) is 1.16. The van der Waals surface area contributed by atoms with Gasteiger partial charge in [-0.15, -0.1) is 0 Å². The lowest BCUT2D eigenvalue weighted by atomic mass is 10.3. The molecule has 0 bridgehead atoms. The standard InChI is InChI=1S/C11H12F2N2O3/c1-6(5-16)14-10(17)11(18)15-9-3-2-7(12)4-8(9)13/h2-4,6,16H,5H2,1H3,(H,14,17)(H,15,18). The number of hydrogen-bond donors (Lipinski definition) is 3. The molecule has 0 fully saturated rings. The Kier molecular flexibility index (Phi) is 4.73. The van der Waals surface area contributed by atoms with Gasteiger partial charge in [-0.05, 0) is 19.1 Å². The first-order valence-corrected chi connectivity index (χ1v) is 5.11. The van der Waals surface area contributed by atoms with Crippen LogP contribution in [0.5, 0.6) is 0 Å². The summed E-state index contributed by atoms with van der Waals surface area (Å²) in [5, 5.41) is 12.9. The second-order valence-corrected chi connectivity index (χ2v) is 3.64. The van der Waals surface area contributed by atoms with Crippen molar-refractivity contribution in [1.82, 2.24) is 5.32 Å². The van der Waals surface area contributed by atoms with Crippen molar-refractivity contribution >= 4 is 17.5 Å². The number of nitrogens with one attached hydrogen (secondary N) is 2. The molecule has 0 aliphatic carbocycles. The Bertz CT molecular complexity index is 466. The molecular formula is C11H12F2N2O3. The van der Waals surface area contributed by atoms with E-state index < -0.39 is 29.5 Å². The van der Waals surface area contributed by atoms with E-state index in [0.29, 0.717) is 6.07 Å². The first-order valence-electron chi connectivity index (χ1n) is 5.11. The number of halogens is 2. The fourth-order valence-corrected chi connectivity index (χ4v) is 1.10. The molecule has 2 amide bonds. The molecule has 7 heteroatoms. The second kappa shape index (κ2) is 6.06. The maximum Gasteiger partial charge on any atom is 0.313 e. The van der Waals surface area contributed by atoms with Gasteiger partial charge in [0.2, 0.25) is 0 Å². The Morgan fingerprint density at radius 1 is 1.33 bits per heavy atom. The fourth-order valence-electron chi connectivity index (χ4n) is 1.10. The first kappa shape index (κ1) is 14.0. The average molecular weight is 258 g/mol. The van der Waals surface area contributed by atoms with Gasteiger partial charge in [0.25, 0.3) is 0 Å². The summed E-state index contributed by atoms with van der Waals surface area (Å²) in [5.74, 6) is -3.88. The smallest absolute Gasteiger partial charge is 0.313 e. The predicted molar refractivity (Wildman–Crippen MR) is 59.7 cm³/mol. The summed E-state index contributed by atoms with van der Waals surface area (Å²) in [6.07, 6.45) is 0. The lowest BCUT2D eigenvalue weighted by Crippen LogP contribution is -2.42. The van der Waals surface area contributed by atoms with E-state index in [0.717, 1.165) is 12.1 Å². The molecule has 0 aliphatic heterocycles. The van der Waals surface area contributed by atoms with E-state index in [9.17, 15) is 18.4 Å². The van der Waals surface area contributed by atoms with Crippen molar-refractivity contribution in [3.05, 3.63) is 29.8 Å². The monoisotopic (exact) mass is 258 g/mol. The highest BCUT2D eigenvalue weighted by atomic mass is 19.1. The lowest BCUT2D eigenvalue weighted by molar-refractivity contribution is -0.136. The van der Waals surface area contributed by atoms with Crippen LogP contribution in [0.4, 0.5) is 14.5 Å². The molecule has 3 N–H and O–H groups in total. The summed E-state index contributed by atoms with van der Waals surface area (Å²) in [5.41, 5.74) is -0.298. The first-order chi connectivity index (χ1) is 8.43. The minimum absolute atomic E-state index is 0.298. The number of carbonyl (C=O) groups excluding carboxylic acids is 2. The Morgan fingerprint density at radius 2 is 2.00 bits per heavy atom. The van der Waals surface area contributed by atoms with E-state index in [4.69, 9.17) is 5.11 Å². The Balaban J connectivity index is 2.67. The van der Waals surface area contributed by atoms with Crippen LogP contribution in [0.25, 0.3) is 0 Å². The molecule has 1 aromatic carbocycles. The Labute approximate surface area is 102 Å². The minimum atomic E-state index is -1.10. The van der Waals surface area contributed by atoms with Crippen LogP contribution >= 0.6 is 0 Å². The summed E-state index contributed by atoms with van der Waals surface area (Å²) >= 11 is 0. The van der Waals surface area contributed by atoms with Gasteiger partial charge >= 0.3 is 11.8 Å². The normalized spacial score (nSPS) is 11.8. The summed E-state index contributed by atoms with van der Waals surface area (Å²) in [4.78, 5) is 22.6. The van der Waals surface area contributed by atoms with Crippen molar-refractivity contribution in [2.24, 2.45) is 0 Å². The molecule has 1 rings (SSSR count). The molecule has 98 valence electrons. The third kappa shape index (κ3) is 3.77. The van der Waals surface area contributed by atoms with Gasteiger partial charge in [-0.3, -0.25) is 9.59 Å². The number of benzene rings is 1. The van der Waals surface area contributed by atoms with E-state index in [1.165, 1.54) is 6.92 Å². The molecule has 5 nitrogen and oxygen atoms in total. The predicted octanol–water partition coefficient (Wildman–Crippen LogP) is 0.400. The lowest BCUT2D eigenvalue weighted by Gasteiger charge is -2.10.